The first-order valence-corrected chi connectivity index (χ1v) is 14.3. The molecule has 2 nitrogen and oxygen atoms in total. The van der Waals surface area contributed by atoms with Crippen LogP contribution in [0, 0.1) is 0 Å². The van der Waals surface area contributed by atoms with Gasteiger partial charge >= 0.3 is 0 Å². The van der Waals surface area contributed by atoms with Crippen LogP contribution in [0.2, 0.25) is 36.3 Å². The lowest BCUT2D eigenvalue weighted by molar-refractivity contribution is 0.308. The molecule has 0 atom stereocenters. The number of allylic oxidation sites excluding steroid dienone is 2. The molecule has 0 amide bonds. The van der Waals surface area contributed by atoms with E-state index in [0.29, 0.717) is 0 Å². The van der Waals surface area contributed by atoms with Crippen molar-refractivity contribution in [3.8, 4) is 0 Å². The first-order chi connectivity index (χ1) is 9.67. The molecule has 0 saturated carbocycles. The summed E-state index contributed by atoms with van der Waals surface area (Å²) in [7, 11) is -3.66. The van der Waals surface area contributed by atoms with Gasteiger partial charge in [0.25, 0.3) is 16.6 Å². The summed E-state index contributed by atoms with van der Waals surface area (Å²) in [6.45, 7) is 22.9. The highest BCUT2D eigenvalue weighted by molar-refractivity contribution is 6.75. The summed E-state index contributed by atoms with van der Waals surface area (Å²) < 4.78 is 13.1. The molecule has 1 aliphatic rings. The molecular formula is C18H36O2Si2. The van der Waals surface area contributed by atoms with Gasteiger partial charge in [-0.3, -0.25) is 0 Å². The molecular weight excluding hydrogens is 304 g/mol. The van der Waals surface area contributed by atoms with Crippen molar-refractivity contribution in [1.29, 1.82) is 0 Å². The first-order valence-electron chi connectivity index (χ1n) is 8.46. The Morgan fingerprint density at radius 3 is 1.18 bits per heavy atom. The summed E-state index contributed by atoms with van der Waals surface area (Å²) in [5, 5.41) is 0.404. The van der Waals surface area contributed by atoms with Crippen LogP contribution < -0.4 is 0 Å². The third kappa shape index (κ3) is 4.51. The second kappa shape index (κ2) is 6.19. The Hall–Kier alpha value is -0.486. The summed E-state index contributed by atoms with van der Waals surface area (Å²) in [6.07, 6.45) is 6.55. The third-order valence-electron chi connectivity index (χ3n) is 5.41. The van der Waals surface area contributed by atoms with Crippen molar-refractivity contribution in [3.63, 3.8) is 0 Å². The molecule has 0 aliphatic heterocycles. The molecule has 0 saturated heterocycles. The lowest BCUT2D eigenvalue weighted by atomic mass is 10.1. The molecule has 0 unspecified atom stereocenters. The van der Waals surface area contributed by atoms with E-state index in [-0.39, 0.29) is 10.1 Å². The molecule has 1 aliphatic carbocycles. The van der Waals surface area contributed by atoms with Crippen molar-refractivity contribution in [2.24, 2.45) is 0 Å². The Balaban J connectivity index is 2.97. The highest BCUT2D eigenvalue weighted by Crippen LogP contribution is 2.42. The van der Waals surface area contributed by atoms with E-state index in [1.165, 1.54) is 0 Å². The third-order valence-corrected chi connectivity index (χ3v) is 14.1. The van der Waals surface area contributed by atoms with Crippen LogP contribution in [0.25, 0.3) is 0 Å². The summed E-state index contributed by atoms with van der Waals surface area (Å²) in [5.41, 5.74) is 0. The molecule has 0 aromatic carbocycles. The maximum absolute atomic E-state index is 6.54. The average molecular weight is 341 g/mol. The van der Waals surface area contributed by atoms with E-state index in [1.54, 1.807) is 0 Å². The molecule has 0 aromatic rings. The van der Waals surface area contributed by atoms with Crippen LogP contribution in [0.1, 0.15) is 54.4 Å². The van der Waals surface area contributed by atoms with Crippen molar-refractivity contribution in [1.82, 2.24) is 0 Å². The van der Waals surface area contributed by atoms with Gasteiger partial charge in [0.15, 0.2) is 0 Å². The van der Waals surface area contributed by atoms with Crippen molar-refractivity contribution in [2.75, 3.05) is 0 Å². The number of hydrogen-bond acceptors (Lipinski definition) is 2. The highest BCUT2D eigenvalue weighted by atomic mass is 28.4. The van der Waals surface area contributed by atoms with E-state index in [1.807, 2.05) is 0 Å². The highest BCUT2D eigenvalue weighted by Gasteiger charge is 2.43. The zero-order valence-corrected chi connectivity index (χ0v) is 18.4. The van der Waals surface area contributed by atoms with Gasteiger partial charge < -0.3 is 8.85 Å². The van der Waals surface area contributed by atoms with E-state index in [0.717, 1.165) is 24.4 Å². The van der Waals surface area contributed by atoms with Crippen LogP contribution in [0.5, 0.6) is 0 Å². The molecule has 0 bridgehead atoms. The molecule has 4 heteroatoms. The Bertz CT molecular complexity index is 416. The smallest absolute Gasteiger partial charge is 0.250 e. The van der Waals surface area contributed by atoms with Crippen LogP contribution in [0.4, 0.5) is 0 Å². The fraction of sp³-hybridized carbons (Fsp3) is 0.778. The van der Waals surface area contributed by atoms with E-state index >= 15 is 0 Å². The van der Waals surface area contributed by atoms with Crippen LogP contribution in [0.15, 0.2) is 23.7 Å². The van der Waals surface area contributed by atoms with Crippen molar-refractivity contribution >= 4 is 16.6 Å². The minimum Gasteiger partial charge on any atom is -0.541 e. The van der Waals surface area contributed by atoms with Gasteiger partial charge in [-0.25, -0.2) is 0 Å². The quantitative estimate of drug-likeness (QED) is 0.537. The molecule has 22 heavy (non-hydrogen) atoms. The monoisotopic (exact) mass is 340 g/mol. The van der Waals surface area contributed by atoms with Crippen molar-refractivity contribution < 1.29 is 8.85 Å². The van der Waals surface area contributed by atoms with E-state index in [4.69, 9.17) is 8.85 Å². The number of rotatable bonds is 4. The predicted octanol–water partition coefficient (Wildman–Crippen LogP) is 6.59. The summed E-state index contributed by atoms with van der Waals surface area (Å²) in [5.74, 6) is 1.98. The van der Waals surface area contributed by atoms with Gasteiger partial charge in [0.2, 0.25) is 0 Å². The maximum atomic E-state index is 6.54. The van der Waals surface area contributed by atoms with Gasteiger partial charge in [-0.1, -0.05) is 41.5 Å². The molecule has 128 valence electrons. The fourth-order valence-electron chi connectivity index (χ4n) is 1.67. The van der Waals surface area contributed by atoms with Crippen molar-refractivity contribution in [2.45, 2.75) is 90.6 Å². The van der Waals surface area contributed by atoms with Gasteiger partial charge in [-0.05, 0) is 61.3 Å². The predicted molar refractivity (Wildman–Crippen MR) is 102 cm³/mol. The molecule has 0 heterocycles. The van der Waals surface area contributed by atoms with Crippen LogP contribution in [-0.2, 0) is 8.85 Å². The Morgan fingerprint density at radius 1 is 0.682 bits per heavy atom. The second-order valence-corrected chi connectivity index (χ2v) is 18.9. The van der Waals surface area contributed by atoms with Gasteiger partial charge in [-0.2, -0.15) is 0 Å². The molecule has 0 N–H and O–H groups in total. The largest absolute Gasteiger partial charge is 0.541 e. The first kappa shape index (κ1) is 19.6. The lowest BCUT2D eigenvalue weighted by Gasteiger charge is -2.41. The molecule has 0 spiro atoms. The Kier molecular flexibility index (Phi) is 5.51. The topological polar surface area (TPSA) is 18.5 Å². The molecule has 1 rings (SSSR count). The van der Waals surface area contributed by atoms with E-state index in [9.17, 15) is 0 Å². The van der Waals surface area contributed by atoms with E-state index in [2.05, 4.69) is 79.9 Å². The van der Waals surface area contributed by atoms with E-state index < -0.39 is 16.6 Å². The SMILES string of the molecule is CC(C)(C)[Si](C)(C)OC1=CCCC=C1O[Si](C)(C)C(C)(C)C. The molecule has 0 aromatic heterocycles. The normalized spacial score (nSPS) is 17.7. The molecule has 0 fully saturated rings. The van der Waals surface area contributed by atoms with Gasteiger partial charge in [0.05, 0.1) is 0 Å². The summed E-state index contributed by atoms with van der Waals surface area (Å²) in [6, 6.07) is 0. The van der Waals surface area contributed by atoms with Crippen molar-refractivity contribution in [3.05, 3.63) is 23.7 Å². The minimum absolute atomic E-state index is 0.202. The average Bonchev–Trinajstić information content (AvgIpc) is 2.28. The number of hydrogen-bond donors (Lipinski definition) is 0. The van der Waals surface area contributed by atoms with Crippen LogP contribution in [-0.4, -0.2) is 16.6 Å². The lowest BCUT2D eigenvalue weighted by Crippen LogP contribution is -2.43. The van der Waals surface area contributed by atoms with Gasteiger partial charge in [0.1, 0.15) is 11.5 Å². The van der Waals surface area contributed by atoms with Crippen LogP contribution >= 0.6 is 0 Å². The summed E-state index contributed by atoms with van der Waals surface area (Å²) in [4.78, 5) is 0. The second-order valence-electron chi connectivity index (χ2n) is 9.44. The zero-order valence-electron chi connectivity index (χ0n) is 16.4. The minimum atomic E-state index is -1.83. The van der Waals surface area contributed by atoms with Crippen LogP contribution in [0.3, 0.4) is 0 Å². The standard InChI is InChI=1S/C18H36O2Si2/c1-17(2,3)21(7,8)19-15-13-11-12-14-16(15)20-22(9,10)18(4,5)6/h13-14H,11-12H2,1-10H3. The maximum Gasteiger partial charge on any atom is 0.250 e. The summed E-state index contributed by atoms with van der Waals surface area (Å²) >= 11 is 0. The molecule has 0 radical (unpaired) electrons. The fourth-order valence-corrected chi connectivity index (χ4v) is 3.75. The Labute approximate surface area is 140 Å². The zero-order chi connectivity index (χ0) is 17.4. The Morgan fingerprint density at radius 2 is 0.955 bits per heavy atom. The van der Waals surface area contributed by atoms with Gasteiger partial charge in [-0.15, -0.1) is 0 Å². The van der Waals surface area contributed by atoms with Gasteiger partial charge in [0, 0.05) is 0 Å².